The van der Waals surface area contributed by atoms with Crippen molar-refractivity contribution in [3.63, 3.8) is 0 Å². The zero-order valence-corrected chi connectivity index (χ0v) is 12.1. The highest BCUT2D eigenvalue weighted by molar-refractivity contribution is 6.31. The van der Waals surface area contributed by atoms with E-state index in [4.69, 9.17) is 16.7 Å². The van der Waals surface area contributed by atoms with E-state index in [9.17, 15) is 0 Å². The maximum atomic E-state index is 8.67. The predicted octanol–water partition coefficient (Wildman–Crippen LogP) is 2.51. The Morgan fingerprint density at radius 3 is 2.67 bits per heavy atom. The maximum Gasteiger partial charge on any atom is 0.0860 e. The molecule has 0 aliphatic rings. The van der Waals surface area contributed by atoms with Crippen molar-refractivity contribution >= 4 is 11.6 Å². The summed E-state index contributed by atoms with van der Waals surface area (Å²) in [5, 5.41) is 17.2. The Kier molecular flexibility index (Phi) is 7.32. The van der Waals surface area contributed by atoms with Crippen LogP contribution in [0.25, 0.3) is 0 Å². The molecule has 2 N–H and O–H groups in total. The van der Waals surface area contributed by atoms with E-state index in [0.29, 0.717) is 6.61 Å². The number of hydrogen-bond acceptors (Lipinski definition) is 3. The molecule has 0 saturated heterocycles. The van der Waals surface area contributed by atoms with Crippen LogP contribution in [0.4, 0.5) is 0 Å². The van der Waals surface area contributed by atoms with Crippen molar-refractivity contribution in [3.8, 4) is 0 Å². The van der Waals surface area contributed by atoms with Gasteiger partial charge in [0.1, 0.15) is 0 Å². The topological polar surface area (TPSA) is 50.1 Å². The van der Waals surface area contributed by atoms with Crippen LogP contribution in [0.1, 0.15) is 44.0 Å². The number of aryl methyl sites for hydroxylation is 2. The fourth-order valence-corrected chi connectivity index (χ4v) is 2.16. The van der Waals surface area contributed by atoms with Gasteiger partial charge in [0.05, 0.1) is 16.4 Å². The fraction of sp³-hybridized carbons (Fsp3) is 0.769. The van der Waals surface area contributed by atoms with E-state index in [1.54, 1.807) is 0 Å². The molecule has 0 radical (unpaired) electrons. The third-order valence-electron chi connectivity index (χ3n) is 3.01. The van der Waals surface area contributed by atoms with E-state index in [1.807, 2.05) is 11.6 Å². The van der Waals surface area contributed by atoms with E-state index in [1.165, 1.54) is 0 Å². The van der Waals surface area contributed by atoms with E-state index in [0.717, 1.165) is 61.7 Å². The van der Waals surface area contributed by atoms with Crippen LogP contribution in [0.3, 0.4) is 0 Å². The van der Waals surface area contributed by atoms with Crippen LogP contribution in [0.15, 0.2) is 0 Å². The summed E-state index contributed by atoms with van der Waals surface area (Å²) in [6.45, 7) is 6.91. The van der Waals surface area contributed by atoms with Gasteiger partial charge in [-0.3, -0.25) is 4.68 Å². The number of rotatable bonds is 9. The van der Waals surface area contributed by atoms with Crippen molar-refractivity contribution in [3.05, 3.63) is 16.4 Å². The van der Waals surface area contributed by atoms with Gasteiger partial charge in [-0.25, -0.2) is 0 Å². The number of hydrogen-bond donors (Lipinski definition) is 2. The first-order valence-corrected chi connectivity index (χ1v) is 7.11. The second-order valence-corrected chi connectivity index (χ2v) is 4.85. The molecule has 5 heteroatoms. The SMILES string of the molecule is CCn1nc(C)c(Cl)c1CNCCCCCCO. The molecule has 1 heterocycles. The van der Waals surface area contributed by atoms with Crippen LogP contribution in [0, 0.1) is 6.92 Å². The molecule has 1 aromatic heterocycles. The average Bonchev–Trinajstić information content (AvgIpc) is 2.65. The summed E-state index contributed by atoms with van der Waals surface area (Å²) in [7, 11) is 0. The lowest BCUT2D eigenvalue weighted by Gasteiger charge is -2.07. The number of aliphatic hydroxyl groups is 1. The molecule has 1 aromatic rings. The highest BCUT2D eigenvalue weighted by Crippen LogP contribution is 2.19. The summed E-state index contributed by atoms with van der Waals surface area (Å²) in [4.78, 5) is 0. The molecular weight excluding hydrogens is 250 g/mol. The van der Waals surface area contributed by atoms with Crippen molar-refractivity contribution in [2.24, 2.45) is 0 Å². The molecule has 1 rings (SSSR count). The van der Waals surface area contributed by atoms with Crippen LogP contribution in [0.5, 0.6) is 0 Å². The average molecular weight is 274 g/mol. The zero-order chi connectivity index (χ0) is 13.4. The summed E-state index contributed by atoms with van der Waals surface area (Å²) >= 11 is 6.22. The lowest BCUT2D eigenvalue weighted by Crippen LogP contribution is -2.18. The molecule has 104 valence electrons. The summed E-state index contributed by atoms with van der Waals surface area (Å²) < 4.78 is 1.95. The van der Waals surface area contributed by atoms with E-state index < -0.39 is 0 Å². The Morgan fingerprint density at radius 1 is 1.28 bits per heavy atom. The highest BCUT2D eigenvalue weighted by Gasteiger charge is 2.11. The van der Waals surface area contributed by atoms with Crippen molar-refractivity contribution in [1.82, 2.24) is 15.1 Å². The number of unbranched alkanes of at least 4 members (excludes halogenated alkanes) is 3. The largest absolute Gasteiger partial charge is 0.396 e. The monoisotopic (exact) mass is 273 g/mol. The number of nitrogens with zero attached hydrogens (tertiary/aromatic N) is 2. The van der Waals surface area contributed by atoms with Crippen LogP contribution >= 0.6 is 11.6 Å². The molecule has 0 saturated carbocycles. The Labute approximate surface area is 114 Å². The van der Waals surface area contributed by atoms with Crippen molar-refractivity contribution < 1.29 is 5.11 Å². The third-order valence-corrected chi connectivity index (χ3v) is 3.50. The highest BCUT2D eigenvalue weighted by atomic mass is 35.5. The lowest BCUT2D eigenvalue weighted by molar-refractivity contribution is 0.282. The summed E-state index contributed by atoms with van der Waals surface area (Å²) in [6, 6.07) is 0. The molecule has 0 aromatic carbocycles. The number of aromatic nitrogens is 2. The molecule has 0 amide bonds. The Hall–Kier alpha value is -0.580. The van der Waals surface area contributed by atoms with Crippen molar-refractivity contribution in [2.75, 3.05) is 13.2 Å². The van der Waals surface area contributed by atoms with Gasteiger partial charge < -0.3 is 10.4 Å². The van der Waals surface area contributed by atoms with Gasteiger partial charge in [-0.15, -0.1) is 0 Å². The molecule has 0 unspecified atom stereocenters. The fourth-order valence-electron chi connectivity index (χ4n) is 1.96. The molecule has 0 fully saturated rings. The Balaban J connectivity index is 2.26. The first kappa shape index (κ1) is 15.5. The summed E-state index contributed by atoms with van der Waals surface area (Å²) in [5.41, 5.74) is 1.98. The number of nitrogens with one attached hydrogen (secondary N) is 1. The Bertz CT molecular complexity index is 352. The van der Waals surface area contributed by atoms with E-state index >= 15 is 0 Å². The minimum Gasteiger partial charge on any atom is -0.396 e. The van der Waals surface area contributed by atoms with Gasteiger partial charge in [0.25, 0.3) is 0 Å². The third kappa shape index (κ3) is 4.59. The molecule has 0 aliphatic heterocycles. The quantitative estimate of drug-likeness (QED) is 0.680. The number of halogens is 1. The molecule has 0 aliphatic carbocycles. The minimum absolute atomic E-state index is 0.304. The van der Waals surface area contributed by atoms with Crippen LogP contribution in [-0.2, 0) is 13.1 Å². The lowest BCUT2D eigenvalue weighted by atomic mass is 10.2. The second kappa shape index (κ2) is 8.51. The first-order valence-electron chi connectivity index (χ1n) is 6.74. The molecule has 0 spiro atoms. The molecule has 18 heavy (non-hydrogen) atoms. The normalized spacial score (nSPS) is 11.1. The number of aliphatic hydroxyl groups excluding tert-OH is 1. The molecule has 0 bridgehead atoms. The zero-order valence-electron chi connectivity index (χ0n) is 11.4. The van der Waals surface area contributed by atoms with Gasteiger partial charge in [-0.2, -0.15) is 5.10 Å². The van der Waals surface area contributed by atoms with Gasteiger partial charge in [0.15, 0.2) is 0 Å². The molecule has 4 nitrogen and oxygen atoms in total. The minimum atomic E-state index is 0.304. The van der Waals surface area contributed by atoms with Crippen molar-refractivity contribution in [2.45, 2.75) is 52.6 Å². The van der Waals surface area contributed by atoms with Gasteiger partial charge in [-0.1, -0.05) is 24.4 Å². The van der Waals surface area contributed by atoms with Crippen LogP contribution < -0.4 is 5.32 Å². The van der Waals surface area contributed by atoms with Gasteiger partial charge in [-0.05, 0) is 33.2 Å². The summed E-state index contributed by atoms with van der Waals surface area (Å²) in [6.07, 6.45) is 4.31. The first-order chi connectivity index (χ1) is 8.70. The van der Waals surface area contributed by atoms with Gasteiger partial charge in [0, 0.05) is 19.7 Å². The second-order valence-electron chi connectivity index (χ2n) is 4.48. The predicted molar refractivity (Wildman–Crippen MR) is 74.9 cm³/mol. The van der Waals surface area contributed by atoms with E-state index in [-0.39, 0.29) is 0 Å². The van der Waals surface area contributed by atoms with E-state index in [2.05, 4.69) is 17.3 Å². The van der Waals surface area contributed by atoms with Gasteiger partial charge >= 0.3 is 0 Å². The van der Waals surface area contributed by atoms with Crippen LogP contribution in [-0.4, -0.2) is 28.0 Å². The summed E-state index contributed by atoms with van der Waals surface area (Å²) in [5.74, 6) is 0. The maximum absolute atomic E-state index is 8.67. The molecule has 0 atom stereocenters. The standard InChI is InChI=1S/C13H24ClN3O/c1-3-17-12(13(14)11(2)16-17)10-15-8-6-4-5-7-9-18/h15,18H,3-10H2,1-2H3. The molecular formula is C13H24ClN3O. The van der Waals surface area contributed by atoms with Gasteiger partial charge in [0.2, 0.25) is 0 Å². The smallest absolute Gasteiger partial charge is 0.0860 e. The van der Waals surface area contributed by atoms with Crippen molar-refractivity contribution in [1.29, 1.82) is 0 Å². The Morgan fingerprint density at radius 2 is 2.00 bits per heavy atom. The van der Waals surface area contributed by atoms with Crippen LogP contribution in [0.2, 0.25) is 5.02 Å².